The Morgan fingerprint density at radius 2 is 1.70 bits per heavy atom. The van der Waals surface area contributed by atoms with Crippen molar-refractivity contribution in [3.63, 3.8) is 0 Å². The number of rotatable bonds is 5. The third kappa shape index (κ3) is 5.60. The van der Waals surface area contributed by atoms with Gasteiger partial charge < -0.3 is 4.74 Å². The fraction of sp³-hybridized carbons (Fsp3) is 0.0417. The van der Waals surface area contributed by atoms with Crippen molar-refractivity contribution in [3.8, 4) is 5.75 Å². The van der Waals surface area contributed by atoms with Crippen LogP contribution in [0.15, 0.2) is 71.6 Å². The van der Waals surface area contributed by atoms with Crippen molar-refractivity contribution < 1.29 is 19.1 Å². The first-order valence-electron chi connectivity index (χ1n) is 9.57. The van der Waals surface area contributed by atoms with Crippen molar-refractivity contribution in [2.75, 3.05) is 0 Å². The normalized spacial score (nSPS) is 14.8. The largest absolute Gasteiger partial charge is 0.423 e. The van der Waals surface area contributed by atoms with Gasteiger partial charge in [0.05, 0.1) is 17.0 Å². The van der Waals surface area contributed by atoms with Gasteiger partial charge in [-0.3, -0.25) is 14.5 Å². The van der Waals surface area contributed by atoms with Gasteiger partial charge in [-0.2, -0.15) is 0 Å². The van der Waals surface area contributed by atoms with E-state index in [1.54, 1.807) is 66.7 Å². The molecule has 5 nitrogen and oxygen atoms in total. The second kappa shape index (κ2) is 10.0. The van der Waals surface area contributed by atoms with Crippen LogP contribution in [0, 0.1) is 0 Å². The summed E-state index contributed by atoms with van der Waals surface area (Å²) < 4.78 is 5.41. The van der Waals surface area contributed by atoms with Crippen LogP contribution in [0.3, 0.4) is 0 Å². The van der Waals surface area contributed by atoms with Gasteiger partial charge in [-0.25, -0.2) is 4.79 Å². The molecule has 0 unspecified atom stereocenters. The number of amides is 2. The highest BCUT2D eigenvalue weighted by Crippen LogP contribution is 2.35. The van der Waals surface area contributed by atoms with Crippen LogP contribution in [-0.4, -0.2) is 22.0 Å². The van der Waals surface area contributed by atoms with E-state index in [-0.39, 0.29) is 11.4 Å². The number of thioether (sulfide) groups is 1. The van der Waals surface area contributed by atoms with Gasteiger partial charge in [0, 0.05) is 15.1 Å². The zero-order valence-corrected chi connectivity index (χ0v) is 19.8. The summed E-state index contributed by atoms with van der Waals surface area (Å²) >= 11 is 18.8. The highest BCUT2D eigenvalue weighted by Gasteiger charge is 2.35. The van der Waals surface area contributed by atoms with Gasteiger partial charge in [0.1, 0.15) is 5.75 Å². The number of nitrogens with zero attached hydrogens (tertiary/aromatic N) is 1. The maximum Gasteiger partial charge on any atom is 0.343 e. The average molecular weight is 519 g/mol. The second-order valence-corrected chi connectivity index (χ2v) is 9.25. The van der Waals surface area contributed by atoms with E-state index < -0.39 is 17.1 Å². The number of hydrogen-bond donors (Lipinski definition) is 0. The molecule has 0 N–H and O–H groups in total. The third-order valence-corrected chi connectivity index (χ3v) is 6.37. The smallest absolute Gasteiger partial charge is 0.343 e. The van der Waals surface area contributed by atoms with Gasteiger partial charge in [0.25, 0.3) is 11.1 Å². The third-order valence-electron chi connectivity index (χ3n) is 4.64. The zero-order valence-electron chi connectivity index (χ0n) is 16.8. The van der Waals surface area contributed by atoms with E-state index in [1.807, 2.05) is 0 Å². The molecule has 0 bridgehead atoms. The molecular formula is C24H14Cl3NO4S. The first kappa shape index (κ1) is 23.4. The second-order valence-electron chi connectivity index (χ2n) is 6.98. The molecule has 4 rings (SSSR count). The van der Waals surface area contributed by atoms with Crippen LogP contribution < -0.4 is 4.74 Å². The number of carbonyl (C=O) groups excluding carboxylic acids is 3. The number of ether oxygens (including phenoxy) is 1. The van der Waals surface area contributed by atoms with Crippen molar-refractivity contribution in [2.45, 2.75) is 6.54 Å². The Morgan fingerprint density at radius 3 is 2.45 bits per heavy atom. The minimum atomic E-state index is -0.560. The summed E-state index contributed by atoms with van der Waals surface area (Å²) in [5.74, 6) is -0.701. The number of benzene rings is 3. The van der Waals surface area contributed by atoms with Crippen molar-refractivity contribution in [1.82, 2.24) is 4.90 Å². The molecule has 1 fully saturated rings. The SMILES string of the molecule is O=C(Oc1cccc(/C=C2\SC(=O)N(Cc3ccc(Cl)cc3Cl)C2=O)c1)c1cccc(Cl)c1. The maximum atomic E-state index is 12.8. The fourth-order valence-corrected chi connectivity index (χ4v) is 4.55. The Kier molecular flexibility index (Phi) is 7.10. The Labute approximate surface area is 208 Å². The zero-order chi connectivity index (χ0) is 23.5. The van der Waals surface area contributed by atoms with Crippen LogP contribution in [0.5, 0.6) is 5.75 Å². The van der Waals surface area contributed by atoms with Gasteiger partial charge >= 0.3 is 5.97 Å². The molecule has 1 heterocycles. The summed E-state index contributed by atoms with van der Waals surface area (Å²) in [6.45, 7) is 0.0370. The minimum Gasteiger partial charge on any atom is -0.423 e. The van der Waals surface area contributed by atoms with Crippen LogP contribution in [0.25, 0.3) is 6.08 Å². The van der Waals surface area contributed by atoms with Crippen LogP contribution in [0.1, 0.15) is 21.5 Å². The molecule has 0 saturated carbocycles. The van der Waals surface area contributed by atoms with Gasteiger partial charge in [0.15, 0.2) is 0 Å². The standard InChI is InChI=1S/C24H14Cl3NO4S/c25-17-5-2-4-15(11-17)23(30)32-19-6-1-3-14(9-19)10-21-22(29)28(24(31)33-21)13-16-7-8-18(26)12-20(16)27/h1-12H,13H2/b21-10-. The lowest BCUT2D eigenvalue weighted by Crippen LogP contribution is -2.27. The molecule has 2 amide bonds. The average Bonchev–Trinajstić information content (AvgIpc) is 3.03. The molecule has 166 valence electrons. The first-order chi connectivity index (χ1) is 15.8. The van der Waals surface area contributed by atoms with Gasteiger partial charge in [-0.05, 0) is 71.4 Å². The summed E-state index contributed by atoms with van der Waals surface area (Å²) in [6.07, 6.45) is 1.57. The van der Waals surface area contributed by atoms with Crippen LogP contribution in [-0.2, 0) is 11.3 Å². The van der Waals surface area contributed by atoms with Gasteiger partial charge in [-0.1, -0.05) is 59.1 Å². The molecule has 9 heteroatoms. The van der Waals surface area contributed by atoms with E-state index >= 15 is 0 Å². The molecule has 0 radical (unpaired) electrons. The lowest BCUT2D eigenvalue weighted by Gasteiger charge is -2.13. The summed E-state index contributed by atoms with van der Waals surface area (Å²) in [7, 11) is 0. The lowest BCUT2D eigenvalue weighted by molar-refractivity contribution is -0.123. The molecule has 0 aliphatic carbocycles. The summed E-state index contributed by atoms with van der Waals surface area (Å²) in [5.41, 5.74) is 1.52. The molecule has 1 aliphatic rings. The molecule has 0 aromatic heterocycles. The molecular weight excluding hydrogens is 505 g/mol. The Morgan fingerprint density at radius 1 is 0.939 bits per heavy atom. The molecule has 1 aliphatic heterocycles. The Bertz CT molecular complexity index is 1310. The molecule has 0 atom stereocenters. The van der Waals surface area contributed by atoms with E-state index in [9.17, 15) is 14.4 Å². The van der Waals surface area contributed by atoms with Gasteiger partial charge in [0.2, 0.25) is 0 Å². The number of hydrogen-bond acceptors (Lipinski definition) is 5. The summed E-state index contributed by atoms with van der Waals surface area (Å²) in [6, 6.07) is 17.9. The van der Waals surface area contributed by atoms with E-state index in [4.69, 9.17) is 39.5 Å². The molecule has 3 aromatic rings. The molecule has 1 saturated heterocycles. The number of imide groups is 1. The van der Waals surface area contributed by atoms with Crippen LogP contribution in [0.2, 0.25) is 15.1 Å². The van der Waals surface area contributed by atoms with Crippen molar-refractivity contribution in [1.29, 1.82) is 0 Å². The minimum absolute atomic E-state index is 0.0370. The summed E-state index contributed by atoms with van der Waals surface area (Å²) in [5, 5.41) is 0.864. The highest BCUT2D eigenvalue weighted by atomic mass is 35.5. The van der Waals surface area contributed by atoms with Gasteiger partial charge in [-0.15, -0.1) is 0 Å². The lowest BCUT2D eigenvalue weighted by atomic mass is 10.2. The fourth-order valence-electron chi connectivity index (χ4n) is 3.06. The number of carbonyl (C=O) groups is 3. The molecule has 33 heavy (non-hydrogen) atoms. The van der Waals surface area contributed by atoms with E-state index in [0.29, 0.717) is 37.5 Å². The van der Waals surface area contributed by atoms with E-state index in [1.165, 1.54) is 6.07 Å². The highest BCUT2D eigenvalue weighted by molar-refractivity contribution is 8.18. The van der Waals surface area contributed by atoms with E-state index in [0.717, 1.165) is 16.7 Å². The van der Waals surface area contributed by atoms with Crippen molar-refractivity contribution in [2.24, 2.45) is 0 Å². The predicted molar refractivity (Wildman–Crippen MR) is 131 cm³/mol. The topological polar surface area (TPSA) is 63.7 Å². The quantitative estimate of drug-likeness (QED) is 0.205. The van der Waals surface area contributed by atoms with Crippen molar-refractivity contribution in [3.05, 3.63) is 103 Å². The first-order valence-corrected chi connectivity index (χ1v) is 11.5. The molecule has 3 aromatic carbocycles. The molecule has 0 spiro atoms. The maximum absolute atomic E-state index is 12.8. The number of esters is 1. The monoisotopic (exact) mass is 517 g/mol. The number of halogens is 3. The predicted octanol–water partition coefficient (Wildman–Crippen LogP) is 7.10. The Balaban J connectivity index is 1.50. The van der Waals surface area contributed by atoms with E-state index in [2.05, 4.69) is 0 Å². The van der Waals surface area contributed by atoms with Crippen LogP contribution in [0.4, 0.5) is 4.79 Å². The Hall–Kier alpha value is -2.77. The van der Waals surface area contributed by atoms with Crippen LogP contribution >= 0.6 is 46.6 Å². The summed E-state index contributed by atoms with van der Waals surface area (Å²) in [4.78, 5) is 39.0. The van der Waals surface area contributed by atoms with Crippen molar-refractivity contribution >= 4 is 69.8 Å².